The number of carbonyl (C=O) groups excluding carboxylic acids is 1. The van der Waals surface area contributed by atoms with Gasteiger partial charge in [0.15, 0.2) is 0 Å². The van der Waals surface area contributed by atoms with Crippen molar-refractivity contribution in [3.05, 3.63) is 0 Å². The van der Waals surface area contributed by atoms with E-state index in [0.717, 1.165) is 12.2 Å². The largest absolute Gasteiger partial charge is 0.481 e. The average molecular weight is 276 g/mol. The Labute approximate surface area is 113 Å². The second-order valence-electron chi connectivity index (χ2n) is 4.44. The Kier molecular flexibility index (Phi) is 8.62. The van der Waals surface area contributed by atoms with Crippen molar-refractivity contribution in [2.45, 2.75) is 45.7 Å². The first-order valence-corrected chi connectivity index (χ1v) is 7.59. The van der Waals surface area contributed by atoms with Crippen LogP contribution in [0.4, 0.5) is 4.79 Å². The number of carbonyl (C=O) groups is 2. The summed E-state index contributed by atoms with van der Waals surface area (Å²) in [6, 6.07) is -0.0399. The molecule has 0 aromatic heterocycles. The Morgan fingerprint density at radius 3 is 2.39 bits per heavy atom. The lowest BCUT2D eigenvalue weighted by atomic mass is 10.2. The van der Waals surface area contributed by atoms with Gasteiger partial charge in [0.05, 0.1) is 6.42 Å². The summed E-state index contributed by atoms with van der Waals surface area (Å²) in [4.78, 5) is 24.2. The minimum absolute atomic E-state index is 0.00358. The summed E-state index contributed by atoms with van der Waals surface area (Å²) in [7, 11) is 0. The fourth-order valence-electron chi connectivity index (χ4n) is 1.53. The lowest BCUT2D eigenvalue weighted by Crippen LogP contribution is -2.49. The smallest absolute Gasteiger partial charge is 0.317 e. The van der Waals surface area contributed by atoms with Crippen LogP contribution in [0, 0.1) is 0 Å². The van der Waals surface area contributed by atoms with Crippen molar-refractivity contribution in [3.8, 4) is 0 Å². The molecule has 2 amide bonds. The van der Waals surface area contributed by atoms with Gasteiger partial charge in [0.2, 0.25) is 0 Å². The Morgan fingerprint density at radius 1 is 1.39 bits per heavy atom. The molecule has 0 aliphatic rings. The zero-order valence-corrected chi connectivity index (χ0v) is 12.4. The number of thioether (sulfide) groups is 1. The number of carboxylic acid groups (broad SMARTS) is 1. The molecule has 0 saturated heterocycles. The maximum Gasteiger partial charge on any atom is 0.317 e. The monoisotopic (exact) mass is 276 g/mol. The number of hydrogen-bond acceptors (Lipinski definition) is 3. The molecule has 0 radical (unpaired) electrons. The molecule has 2 N–H and O–H groups in total. The SMILES string of the molecule is CCC(CSC)NC(=O)N(CCC(=O)O)C(C)C. The standard InChI is InChI=1S/C12H24N2O3S/c1-5-10(8-18-4)13-12(17)14(9(2)3)7-6-11(15)16/h9-10H,5-8H2,1-4H3,(H,13,17)(H,15,16). The van der Waals surface area contributed by atoms with Crippen molar-refractivity contribution in [1.29, 1.82) is 0 Å². The molecule has 0 saturated carbocycles. The molecule has 5 nitrogen and oxygen atoms in total. The van der Waals surface area contributed by atoms with Gasteiger partial charge in [0.25, 0.3) is 0 Å². The van der Waals surface area contributed by atoms with Crippen molar-refractivity contribution in [3.63, 3.8) is 0 Å². The molecule has 1 unspecified atom stereocenters. The molecule has 18 heavy (non-hydrogen) atoms. The van der Waals surface area contributed by atoms with Crippen LogP contribution in [0.2, 0.25) is 0 Å². The molecule has 1 atom stereocenters. The first-order valence-electron chi connectivity index (χ1n) is 6.20. The van der Waals surface area contributed by atoms with E-state index in [1.165, 1.54) is 0 Å². The predicted molar refractivity (Wildman–Crippen MR) is 75.1 cm³/mol. The van der Waals surface area contributed by atoms with E-state index in [4.69, 9.17) is 5.11 Å². The van der Waals surface area contributed by atoms with Crippen LogP contribution in [0.15, 0.2) is 0 Å². The molecule has 0 spiro atoms. The highest BCUT2D eigenvalue weighted by Gasteiger charge is 2.20. The first kappa shape index (κ1) is 17.1. The van der Waals surface area contributed by atoms with E-state index in [0.29, 0.717) is 0 Å². The second-order valence-corrected chi connectivity index (χ2v) is 5.35. The van der Waals surface area contributed by atoms with Gasteiger partial charge in [-0.05, 0) is 26.5 Å². The highest BCUT2D eigenvalue weighted by molar-refractivity contribution is 7.98. The second kappa shape index (κ2) is 9.08. The van der Waals surface area contributed by atoms with Gasteiger partial charge in [0.1, 0.15) is 0 Å². The summed E-state index contributed by atoms with van der Waals surface area (Å²) in [5.41, 5.74) is 0. The number of urea groups is 1. The van der Waals surface area contributed by atoms with Crippen LogP contribution in [-0.4, -0.2) is 52.6 Å². The van der Waals surface area contributed by atoms with Crippen LogP contribution in [-0.2, 0) is 4.79 Å². The molecule has 0 rings (SSSR count). The van der Waals surface area contributed by atoms with E-state index < -0.39 is 5.97 Å². The molecule has 0 aliphatic heterocycles. The topological polar surface area (TPSA) is 69.6 Å². The normalized spacial score (nSPS) is 12.3. The minimum Gasteiger partial charge on any atom is -0.481 e. The Bertz CT molecular complexity index is 272. The van der Waals surface area contributed by atoms with Gasteiger partial charge in [0, 0.05) is 24.4 Å². The molecule has 0 bridgehead atoms. The summed E-state index contributed by atoms with van der Waals surface area (Å²) in [5.74, 6) is -0.0165. The molecule has 0 fully saturated rings. The zero-order chi connectivity index (χ0) is 14.1. The lowest BCUT2D eigenvalue weighted by Gasteiger charge is -2.28. The van der Waals surface area contributed by atoms with Crippen molar-refractivity contribution in [2.75, 3.05) is 18.6 Å². The Balaban J connectivity index is 4.41. The zero-order valence-electron chi connectivity index (χ0n) is 11.6. The van der Waals surface area contributed by atoms with Gasteiger partial charge < -0.3 is 15.3 Å². The van der Waals surface area contributed by atoms with Crippen LogP contribution >= 0.6 is 11.8 Å². The van der Waals surface area contributed by atoms with Crippen LogP contribution in [0.25, 0.3) is 0 Å². The summed E-state index contributed by atoms with van der Waals surface area (Å²) in [6.07, 6.45) is 2.85. The first-order chi connectivity index (χ1) is 8.42. The minimum atomic E-state index is -0.885. The van der Waals surface area contributed by atoms with Crippen molar-refractivity contribution in [1.82, 2.24) is 10.2 Å². The molecular weight excluding hydrogens is 252 g/mol. The maximum atomic E-state index is 12.1. The molecule has 0 aromatic rings. The Morgan fingerprint density at radius 2 is 2.00 bits per heavy atom. The molecule has 0 aromatic carbocycles. The Hall–Kier alpha value is -0.910. The van der Waals surface area contributed by atoms with Gasteiger partial charge in [-0.15, -0.1) is 0 Å². The highest BCUT2D eigenvalue weighted by Crippen LogP contribution is 2.05. The third-order valence-corrected chi connectivity index (χ3v) is 3.37. The summed E-state index contributed by atoms with van der Waals surface area (Å²) < 4.78 is 0. The van der Waals surface area contributed by atoms with Gasteiger partial charge in [-0.3, -0.25) is 4.79 Å². The van der Waals surface area contributed by atoms with Crippen LogP contribution in [0.1, 0.15) is 33.6 Å². The maximum absolute atomic E-state index is 12.1. The summed E-state index contributed by atoms with van der Waals surface area (Å²) in [5, 5.41) is 11.6. The number of carboxylic acids is 1. The fraction of sp³-hybridized carbons (Fsp3) is 0.833. The van der Waals surface area contributed by atoms with Gasteiger partial charge >= 0.3 is 12.0 Å². The van der Waals surface area contributed by atoms with Gasteiger partial charge in [-0.2, -0.15) is 11.8 Å². The van der Waals surface area contributed by atoms with Gasteiger partial charge in [-0.1, -0.05) is 6.92 Å². The lowest BCUT2D eigenvalue weighted by molar-refractivity contribution is -0.137. The molecular formula is C12H24N2O3S. The van der Waals surface area contributed by atoms with E-state index in [1.54, 1.807) is 16.7 Å². The summed E-state index contributed by atoms with van der Waals surface area (Å²) >= 11 is 1.69. The third-order valence-electron chi connectivity index (χ3n) is 2.64. The van der Waals surface area contributed by atoms with Crippen LogP contribution in [0.5, 0.6) is 0 Å². The number of nitrogens with one attached hydrogen (secondary N) is 1. The van der Waals surface area contributed by atoms with Crippen molar-refractivity contribution in [2.24, 2.45) is 0 Å². The quantitative estimate of drug-likeness (QED) is 0.711. The van der Waals surface area contributed by atoms with Crippen molar-refractivity contribution < 1.29 is 14.7 Å². The van der Waals surface area contributed by atoms with E-state index in [2.05, 4.69) is 5.32 Å². The van der Waals surface area contributed by atoms with Crippen LogP contribution < -0.4 is 5.32 Å². The number of amides is 2. The molecule has 0 aliphatic carbocycles. The third kappa shape index (κ3) is 6.74. The van der Waals surface area contributed by atoms with Gasteiger partial charge in [-0.25, -0.2) is 4.79 Å². The van der Waals surface area contributed by atoms with Crippen LogP contribution in [0.3, 0.4) is 0 Å². The molecule has 106 valence electrons. The van der Waals surface area contributed by atoms with Crippen molar-refractivity contribution >= 4 is 23.8 Å². The van der Waals surface area contributed by atoms with E-state index in [9.17, 15) is 9.59 Å². The number of rotatable bonds is 8. The van der Waals surface area contributed by atoms with E-state index >= 15 is 0 Å². The summed E-state index contributed by atoms with van der Waals surface area (Å²) in [6.45, 7) is 6.04. The van der Waals surface area contributed by atoms with E-state index in [1.807, 2.05) is 27.0 Å². The predicted octanol–water partition coefficient (Wildman–Crippen LogP) is 2.02. The molecule has 6 heteroatoms. The fourth-order valence-corrected chi connectivity index (χ4v) is 2.25. The average Bonchev–Trinajstić information content (AvgIpc) is 2.27. The van der Waals surface area contributed by atoms with E-state index in [-0.39, 0.29) is 31.1 Å². The molecule has 0 heterocycles. The number of hydrogen-bond donors (Lipinski definition) is 2. The highest BCUT2D eigenvalue weighted by atomic mass is 32.2. The number of aliphatic carboxylic acids is 1. The number of nitrogens with zero attached hydrogens (tertiary/aromatic N) is 1.